The van der Waals surface area contributed by atoms with Crippen LogP contribution in [0.25, 0.3) is 10.8 Å². The van der Waals surface area contributed by atoms with E-state index in [0.717, 1.165) is 22.0 Å². The predicted octanol–water partition coefficient (Wildman–Crippen LogP) is 4.91. The van der Waals surface area contributed by atoms with Crippen LogP contribution in [0.4, 0.5) is 14.5 Å². The molecule has 3 rings (SSSR count). The van der Waals surface area contributed by atoms with E-state index in [9.17, 15) is 13.6 Å². The van der Waals surface area contributed by atoms with Gasteiger partial charge in [0.25, 0.3) is 0 Å². The lowest BCUT2D eigenvalue weighted by Crippen LogP contribution is -2.24. The number of fused-ring (bicyclic) bond motifs is 1. The minimum atomic E-state index is -2.91. The molecule has 158 valence electrons. The first kappa shape index (κ1) is 21.5. The normalized spacial score (nSPS) is 11.1. The zero-order valence-electron chi connectivity index (χ0n) is 16.9. The number of hydrogen-bond acceptors (Lipinski definition) is 4. The molecule has 7 heteroatoms. The molecule has 1 N–H and O–H groups in total. The standard InChI is InChI=1S/C23H24F2N2O3/c1-27(15-16-10-11-20(30-23(24)25)21(14-16)29-2)13-12-22(28)26-19-9-5-7-17-6-3-4-8-18(17)19/h3-11,14,23H,12-13,15H2,1-2H3,(H,26,28). The molecule has 0 atom stereocenters. The number of benzene rings is 3. The fourth-order valence-electron chi connectivity index (χ4n) is 3.23. The summed E-state index contributed by atoms with van der Waals surface area (Å²) in [6.45, 7) is -1.84. The Labute approximate surface area is 174 Å². The summed E-state index contributed by atoms with van der Waals surface area (Å²) in [6.07, 6.45) is 0.323. The third kappa shape index (κ3) is 5.67. The van der Waals surface area contributed by atoms with Gasteiger partial charge in [-0.3, -0.25) is 4.79 Å². The van der Waals surface area contributed by atoms with Crippen LogP contribution in [0.2, 0.25) is 0 Å². The van der Waals surface area contributed by atoms with Crippen LogP contribution >= 0.6 is 0 Å². The second-order valence-corrected chi connectivity index (χ2v) is 6.93. The van der Waals surface area contributed by atoms with Crippen LogP contribution in [0.5, 0.6) is 11.5 Å². The minimum Gasteiger partial charge on any atom is -0.493 e. The molecule has 0 aliphatic heterocycles. The zero-order chi connectivity index (χ0) is 21.5. The van der Waals surface area contributed by atoms with E-state index >= 15 is 0 Å². The Kier molecular flexibility index (Phi) is 7.19. The fourth-order valence-corrected chi connectivity index (χ4v) is 3.23. The summed E-state index contributed by atoms with van der Waals surface area (Å²) in [5.41, 5.74) is 1.66. The van der Waals surface area contributed by atoms with Gasteiger partial charge in [-0.1, -0.05) is 42.5 Å². The van der Waals surface area contributed by atoms with E-state index in [1.807, 2.05) is 54.4 Å². The van der Waals surface area contributed by atoms with Crippen LogP contribution in [0, 0.1) is 0 Å². The van der Waals surface area contributed by atoms with Crippen LogP contribution < -0.4 is 14.8 Å². The number of carbonyl (C=O) groups excluding carboxylic acids is 1. The Morgan fingerprint density at radius 3 is 2.60 bits per heavy atom. The van der Waals surface area contributed by atoms with Crippen molar-refractivity contribution in [3.05, 3.63) is 66.2 Å². The predicted molar refractivity (Wildman–Crippen MR) is 113 cm³/mol. The molecule has 5 nitrogen and oxygen atoms in total. The van der Waals surface area contributed by atoms with Crippen molar-refractivity contribution in [1.82, 2.24) is 4.90 Å². The van der Waals surface area contributed by atoms with Crippen molar-refractivity contribution in [2.24, 2.45) is 0 Å². The molecule has 0 spiro atoms. The number of methoxy groups -OCH3 is 1. The largest absolute Gasteiger partial charge is 0.493 e. The molecule has 3 aromatic rings. The highest BCUT2D eigenvalue weighted by Crippen LogP contribution is 2.30. The molecule has 0 saturated carbocycles. The van der Waals surface area contributed by atoms with Crippen molar-refractivity contribution in [3.8, 4) is 11.5 Å². The van der Waals surface area contributed by atoms with Crippen LogP contribution in [0.3, 0.4) is 0 Å². The summed E-state index contributed by atoms with van der Waals surface area (Å²) in [6, 6.07) is 18.5. The Bertz CT molecular complexity index is 1010. The third-order valence-electron chi connectivity index (χ3n) is 4.68. The van der Waals surface area contributed by atoms with Gasteiger partial charge in [-0.05, 0) is 36.2 Å². The Balaban J connectivity index is 1.55. The topological polar surface area (TPSA) is 50.8 Å². The van der Waals surface area contributed by atoms with E-state index < -0.39 is 6.61 Å². The monoisotopic (exact) mass is 414 g/mol. The molecule has 0 radical (unpaired) electrons. The van der Waals surface area contributed by atoms with Gasteiger partial charge in [-0.15, -0.1) is 0 Å². The molecule has 0 aliphatic carbocycles. The maximum Gasteiger partial charge on any atom is 0.387 e. The number of alkyl halides is 2. The molecular formula is C23H24F2N2O3. The first-order valence-electron chi connectivity index (χ1n) is 9.54. The molecule has 0 saturated heterocycles. The zero-order valence-corrected chi connectivity index (χ0v) is 16.9. The van der Waals surface area contributed by atoms with E-state index in [1.54, 1.807) is 12.1 Å². The molecule has 0 fully saturated rings. The highest BCUT2D eigenvalue weighted by molar-refractivity contribution is 6.02. The number of nitrogens with zero attached hydrogens (tertiary/aromatic N) is 1. The van der Waals surface area contributed by atoms with E-state index in [2.05, 4.69) is 10.1 Å². The first-order chi connectivity index (χ1) is 14.5. The number of ether oxygens (including phenoxy) is 2. The van der Waals surface area contributed by atoms with Gasteiger partial charge in [0.15, 0.2) is 11.5 Å². The Morgan fingerprint density at radius 1 is 1.07 bits per heavy atom. The van der Waals surface area contributed by atoms with Gasteiger partial charge in [0, 0.05) is 30.6 Å². The van der Waals surface area contributed by atoms with Crippen molar-refractivity contribution in [2.45, 2.75) is 19.6 Å². The maximum atomic E-state index is 12.4. The van der Waals surface area contributed by atoms with Gasteiger partial charge < -0.3 is 19.7 Å². The van der Waals surface area contributed by atoms with Crippen molar-refractivity contribution >= 4 is 22.4 Å². The van der Waals surface area contributed by atoms with Crippen molar-refractivity contribution < 1.29 is 23.0 Å². The number of halogens is 2. The molecule has 0 aromatic heterocycles. The lowest BCUT2D eigenvalue weighted by atomic mass is 10.1. The van der Waals surface area contributed by atoms with Gasteiger partial charge in [0.1, 0.15) is 0 Å². The minimum absolute atomic E-state index is 0.00614. The van der Waals surface area contributed by atoms with Gasteiger partial charge in [-0.25, -0.2) is 0 Å². The molecule has 0 bridgehead atoms. The quantitative estimate of drug-likeness (QED) is 0.541. The Hall–Kier alpha value is -3.19. The van der Waals surface area contributed by atoms with Crippen molar-refractivity contribution in [1.29, 1.82) is 0 Å². The molecular weight excluding hydrogens is 390 g/mol. The molecule has 0 aliphatic rings. The number of nitrogens with one attached hydrogen (secondary N) is 1. The lowest BCUT2D eigenvalue weighted by molar-refractivity contribution is -0.116. The third-order valence-corrected chi connectivity index (χ3v) is 4.68. The fraction of sp³-hybridized carbons (Fsp3) is 0.261. The van der Waals surface area contributed by atoms with E-state index in [1.165, 1.54) is 13.2 Å². The summed E-state index contributed by atoms with van der Waals surface area (Å²) in [7, 11) is 3.29. The highest BCUT2D eigenvalue weighted by Gasteiger charge is 2.13. The van der Waals surface area contributed by atoms with Crippen LogP contribution in [-0.4, -0.2) is 38.1 Å². The summed E-state index contributed by atoms with van der Waals surface area (Å²) >= 11 is 0. The average molecular weight is 414 g/mol. The van der Waals surface area contributed by atoms with Crippen LogP contribution in [0.1, 0.15) is 12.0 Å². The lowest BCUT2D eigenvalue weighted by Gasteiger charge is -2.18. The van der Waals surface area contributed by atoms with Gasteiger partial charge in [0.2, 0.25) is 5.91 Å². The molecule has 1 amide bonds. The molecule has 30 heavy (non-hydrogen) atoms. The van der Waals surface area contributed by atoms with E-state index in [-0.39, 0.29) is 17.4 Å². The average Bonchev–Trinajstić information content (AvgIpc) is 2.73. The molecule has 0 unspecified atom stereocenters. The number of rotatable bonds is 9. The smallest absolute Gasteiger partial charge is 0.387 e. The maximum absolute atomic E-state index is 12.4. The van der Waals surface area contributed by atoms with Gasteiger partial charge in [0.05, 0.1) is 7.11 Å². The first-order valence-corrected chi connectivity index (χ1v) is 9.54. The van der Waals surface area contributed by atoms with Gasteiger partial charge in [-0.2, -0.15) is 8.78 Å². The second kappa shape index (κ2) is 10.0. The number of anilines is 1. The van der Waals surface area contributed by atoms with Crippen molar-refractivity contribution in [2.75, 3.05) is 26.0 Å². The summed E-state index contributed by atoms with van der Waals surface area (Å²) < 4.78 is 34.4. The van der Waals surface area contributed by atoms with E-state index in [0.29, 0.717) is 19.5 Å². The summed E-state index contributed by atoms with van der Waals surface area (Å²) in [5.74, 6) is 0.166. The number of hydrogen-bond donors (Lipinski definition) is 1. The van der Waals surface area contributed by atoms with Crippen molar-refractivity contribution in [3.63, 3.8) is 0 Å². The van der Waals surface area contributed by atoms with Gasteiger partial charge >= 0.3 is 6.61 Å². The highest BCUT2D eigenvalue weighted by atomic mass is 19.3. The second-order valence-electron chi connectivity index (χ2n) is 6.93. The van der Waals surface area contributed by atoms with E-state index in [4.69, 9.17) is 4.74 Å². The number of amides is 1. The summed E-state index contributed by atoms with van der Waals surface area (Å²) in [5, 5.41) is 5.04. The van der Waals surface area contributed by atoms with Crippen LogP contribution in [0.15, 0.2) is 60.7 Å². The molecule has 0 heterocycles. The SMILES string of the molecule is COc1cc(CN(C)CCC(=O)Nc2cccc3ccccc23)ccc1OC(F)F. The summed E-state index contributed by atoms with van der Waals surface area (Å²) in [4.78, 5) is 14.4. The number of carbonyl (C=O) groups is 1. The Morgan fingerprint density at radius 2 is 1.83 bits per heavy atom. The van der Waals surface area contributed by atoms with Crippen LogP contribution in [-0.2, 0) is 11.3 Å². The molecule has 3 aromatic carbocycles.